The van der Waals surface area contributed by atoms with Gasteiger partial charge in [0.05, 0.1) is 5.52 Å². The summed E-state index contributed by atoms with van der Waals surface area (Å²) in [5, 5.41) is 9.71. The standard InChI is InChI=1S/C12H11FN6S/c1-2-10-17-18-12(19(10)14)20-11-8-5-7(13)3-4-9(8)15-6-16-11/h3-6H,2,14H2,1H3. The molecule has 2 aromatic heterocycles. The van der Waals surface area contributed by atoms with Gasteiger partial charge in [-0.15, -0.1) is 10.2 Å². The molecule has 0 atom stereocenters. The van der Waals surface area contributed by atoms with E-state index in [4.69, 9.17) is 5.84 Å². The van der Waals surface area contributed by atoms with Gasteiger partial charge in [0.1, 0.15) is 17.2 Å². The topological polar surface area (TPSA) is 82.5 Å². The van der Waals surface area contributed by atoms with Crippen molar-refractivity contribution in [2.75, 3.05) is 5.84 Å². The maximum atomic E-state index is 13.4. The van der Waals surface area contributed by atoms with Crippen LogP contribution in [-0.4, -0.2) is 24.8 Å². The van der Waals surface area contributed by atoms with Crippen LogP contribution in [0.15, 0.2) is 34.7 Å². The second kappa shape index (κ2) is 5.04. The molecule has 102 valence electrons. The number of nitrogen functional groups attached to an aromatic ring is 1. The van der Waals surface area contributed by atoms with E-state index in [0.717, 1.165) is 0 Å². The number of hydrogen-bond acceptors (Lipinski definition) is 6. The number of hydrogen-bond donors (Lipinski definition) is 1. The van der Waals surface area contributed by atoms with E-state index in [-0.39, 0.29) is 5.82 Å². The van der Waals surface area contributed by atoms with Crippen molar-refractivity contribution in [2.45, 2.75) is 23.5 Å². The van der Waals surface area contributed by atoms with Crippen LogP contribution < -0.4 is 5.84 Å². The third-order valence-corrected chi connectivity index (χ3v) is 3.78. The van der Waals surface area contributed by atoms with E-state index in [1.54, 1.807) is 6.07 Å². The molecular weight excluding hydrogens is 279 g/mol. The Morgan fingerprint density at radius 3 is 2.90 bits per heavy atom. The van der Waals surface area contributed by atoms with Crippen molar-refractivity contribution in [1.82, 2.24) is 24.8 Å². The molecule has 8 heteroatoms. The molecule has 2 heterocycles. The van der Waals surface area contributed by atoms with Crippen LogP contribution in [0.2, 0.25) is 0 Å². The van der Waals surface area contributed by atoms with Crippen molar-refractivity contribution < 1.29 is 4.39 Å². The van der Waals surface area contributed by atoms with Crippen LogP contribution in [0, 0.1) is 5.82 Å². The van der Waals surface area contributed by atoms with E-state index in [1.807, 2.05) is 6.92 Å². The van der Waals surface area contributed by atoms with Gasteiger partial charge in [-0.1, -0.05) is 6.92 Å². The number of rotatable bonds is 3. The molecule has 0 aliphatic rings. The largest absolute Gasteiger partial charge is 0.336 e. The zero-order valence-corrected chi connectivity index (χ0v) is 11.4. The molecule has 6 nitrogen and oxygen atoms in total. The summed E-state index contributed by atoms with van der Waals surface area (Å²) < 4.78 is 14.8. The first-order valence-corrected chi connectivity index (χ1v) is 6.78. The highest BCUT2D eigenvalue weighted by Crippen LogP contribution is 2.29. The first kappa shape index (κ1) is 12.8. The van der Waals surface area contributed by atoms with Gasteiger partial charge in [-0.2, -0.15) is 0 Å². The minimum atomic E-state index is -0.336. The first-order chi connectivity index (χ1) is 9.69. The lowest BCUT2D eigenvalue weighted by molar-refractivity contribution is 0.629. The maximum absolute atomic E-state index is 13.4. The summed E-state index contributed by atoms with van der Waals surface area (Å²) in [7, 11) is 0. The fourth-order valence-electron chi connectivity index (χ4n) is 1.79. The molecule has 0 aliphatic heterocycles. The highest BCUT2D eigenvalue weighted by Gasteiger charge is 2.13. The van der Waals surface area contributed by atoms with Crippen molar-refractivity contribution in [1.29, 1.82) is 0 Å². The molecule has 0 aliphatic carbocycles. The Kier molecular flexibility index (Phi) is 3.23. The van der Waals surface area contributed by atoms with Gasteiger partial charge in [0.15, 0.2) is 5.82 Å². The Labute approximate surface area is 118 Å². The number of halogens is 1. The molecule has 20 heavy (non-hydrogen) atoms. The third kappa shape index (κ3) is 2.18. The summed E-state index contributed by atoms with van der Waals surface area (Å²) in [6.45, 7) is 1.94. The Morgan fingerprint density at radius 1 is 1.30 bits per heavy atom. The fraction of sp³-hybridized carbons (Fsp3) is 0.167. The monoisotopic (exact) mass is 290 g/mol. The highest BCUT2D eigenvalue weighted by atomic mass is 32.2. The normalized spacial score (nSPS) is 11.1. The number of benzene rings is 1. The predicted molar refractivity (Wildman–Crippen MR) is 73.2 cm³/mol. The quantitative estimate of drug-likeness (QED) is 0.585. The van der Waals surface area contributed by atoms with Gasteiger partial charge in [0, 0.05) is 11.8 Å². The minimum absolute atomic E-state index is 0.336. The van der Waals surface area contributed by atoms with E-state index in [1.165, 1.54) is 34.9 Å². The average molecular weight is 290 g/mol. The molecule has 3 rings (SSSR count). The van der Waals surface area contributed by atoms with Crippen LogP contribution in [0.3, 0.4) is 0 Å². The van der Waals surface area contributed by atoms with Gasteiger partial charge in [0.2, 0.25) is 5.16 Å². The van der Waals surface area contributed by atoms with E-state index in [0.29, 0.717) is 33.3 Å². The molecule has 0 radical (unpaired) electrons. The smallest absolute Gasteiger partial charge is 0.216 e. The molecule has 0 saturated heterocycles. The number of fused-ring (bicyclic) bond motifs is 1. The van der Waals surface area contributed by atoms with E-state index < -0.39 is 0 Å². The van der Waals surface area contributed by atoms with Gasteiger partial charge in [0.25, 0.3) is 0 Å². The molecule has 0 spiro atoms. The Balaban J connectivity index is 2.06. The summed E-state index contributed by atoms with van der Waals surface area (Å²) in [4.78, 5) is 8.27. The van der Waals surface area contributed by atoms with Crippen LogP contribution in [0.4, 0.5) is 4.39 Å². The van der Waals surface area contributed by atoms with Crippen molar-refractivity contribution in [3.63, 3.8) is 0 Å². The van der Waals surface area contributed by atoms with Crippen molar-refractivity contribution in [3.05, 3.63) is 36.2 Å². The number of nitrogens with zero attached hydrogens (tertiary/aromatic N) is 5. The van der Waals surface area contributed by atoms with Crippen LogP contribution in [-0.2, 0) is 6.42 Å². The van der Waals surface area contributed by atoms with E-state index in [9.17, 15) is 4.39 Å². The molecule has 0 saturated carbocycles. The van der Waals surface area contributed by atoms with Crippen LogP contribution in [0.1, 0.15) is 12.7 Å². The average Bonchev–Trinajstić information content (AvgIpc) is 2.80. The second-order valence-corrected chi connectivity index (χ2v) is 5.02. The fourth-order valence-corrected chi connectivity index (χ4v) is 2.62. The number of aryl methyl sites for hydroxylation is 1. The number of aromatic nitrogens is 5. The molecule has 2 N–H and O–H groups in total. The molecule has 0 fully saturated rings. The second-order valence-electron chi connectivity index (χ2n) is 4.06. The lowest BCUT2D eigenvalue weighted by Crippen LogP contribution is -2.13. The van der Waals surface area contributed by atoms with Gasteiger partial charge in [-0.25, -0.2) is 19.0 Å². The lowest BCUT2D eigenvalue weighted by Gasteiger charge is -2.04. The summed E-state index contributed by atoms with van der Waals surface area (Å²) in [6.07, 6.45) is 2.11. The summed E-state index contributed by atoms with van der Waals surface area (Å²) in [6, 6.07) is 4.38. The number of nitrogens with two attached hydrogens (primary N) is 1. The van der Waals surface area contributed by atoms with Gasteiger partial charge < -0.3 is 5.84 Å². The lowest BCUT2D eigenvalue weighted by atomic mass is 10.2. The minimum Gasteiger partial charge on any atom is -0.336 e. The van der Waals surface area contributed by atoms with E-state index in [2.05, 4.69) is 20.2 Å². The molecule has 1 aromatic carbocycles. The Bertz CT molecular complexity index is 772. The van der Waals surface area contributed by atoms with Crippen molar-refractivity contribution in [3.8, 4) is 0 Å². The molecule has 0 amide bonds. The zero-order chi connectivity index (χ0) is 14.1. The van der Waals surface area contributed by atoms with Gasteiger partial charge in [-0.3, -0.25) is 0 Å². The third-order valence-electron chi connectivity index (χ3n) is 2.80. The zero-order valence-electron chi connectivity index (χ0n) is 10.6. The van der Waals surface area contributed by atoms with Crippen LogP contribution in [0.5, 0.6) is 0 Å². The van der Waals surface area contributed by atoms with E-state index >= 15 is 0 Å². The molecular formula is C12H11FN6S. The van der Waals surface area contributed by atoms with Crippen LogP contribution >= 0.6 is 11.8 Å². The maximum Gasteiger partial charge on any atom is 0.216 e. The Morgan fingerprint density at radius 2 is 2.15 bits per heavy atom. The van der Waals surface area contributed by atoms with Crippen LogP contribution in [0.25, 0.3) is 10.9 Å². The van der Waals surface area contributed by atoms with Gasteiger partial charge >= 0.3 is 0 Å². The summed E-state index contributed by atoms with van der Waals surface area (Å²) >= 11 is 1.24. The van der Waals surface area contributed by atoms with Crippen molar-refractivity contribution in [2.24, 2.45) is 0 Å². The molecule has 0 bridgehead atoms. The summed E-state index contributed by atoms with van der Waals surface area (Å²) in [5.41, 5.74) is 0.669. The predicted octanol–water partition coefficient (Wildman–Crippen LogP) is 1.79. The SMILES string of the molecule is CCc1nnc(Sc2ncnc3ccc(F)cc23)n1N. The molecule has 0 unspecified atom stereocenters. The highest BCUT2D eigenvalue weighted by molar-refractivity contribution is 7.99. The van der Waals surface area contributed by atoms with Crippen molar-refractivity contribution >= 4 is 22.7 Å². The first-order valence-electron chi connectivity index (χ1n) is 5.96. The molecule has 3 aromatic rings. The van der Waals surface area contributed by atoms with Gasteiger partial charge in [-0.05, 0) is 30.0 Å². The Hall–Kier alpha value is -2.22. The summed E-state index contributed by atoms with van der Waals surface area (Å²) in [5.74, 6) is 6.23.